The van der Waals surface area contributed by atoms with Crippen molar-refractivity contribution in [2.24, 2.45) is 4.99 Å². The third kappa shape index (κ3) is 4.53. The van der Waals surface area contributed by atoms with Crippen molar-refractivity contribution in [3.63, 3.8) is 0 Å². The number of benzene rings is 1. The van der Waals surface area contributed by atoms with E-state index in [1.54, 1.807) is 7.11 Å². The minimum absolute atomic E-state index is 0.539. The molecule has 7 nitrogen and oxygen atoms in total. The summed E-state index contributed by atoms with van der Waals surface area (Å²) < 4.78 is 7.62. The predicted molar refractivity (Wildman–Crippen MR) is 102 cm³/mol. The van der Waals surface area contributed by atoms with Gasteiger partial charge >= 0.3 is 0 Å². The molecule has 0 radical (unpaired) electrons. The predicted octanol–water partition coefficient (Wildman–Crippen LogP) is 1.92. The van der Waals surface area contributed by atoms with Crippen molar-refractivity contribution >= 4 is 5.96 Å². The highest BCUT2D eigenvalue weighted by Gasteiger charge is 2.15. The lowest BCUT2D eigenvalue weighted by Gasteiger charge is -2.15. The number of para-hydroxylation sites is 1. The number of hydrogen-bond donors (Lipinski definition) is 2. The molecular weight excluding hydrogens is 328 g/mol. The van der Waals surface area contributed by atoms with Crippen LogP contribution in [0.5, 0.6) is 5.75 Å². The van der Waals surface area contributed by atoms with Gasteiger partial charge in [-0.05, 0) is 37.8 Å². The number of hydrogen-bond acceptors (Lipinski definition) is 4. The third-order valence-corrected chi connectivity index (χ3v) is 4.54. The van der Waals surface area contributed by atoms with Crippen LogP contribution in [-0.2, 0) is 25.9 Å². The van der Waals surface area contributed by atoms with E-state index in [1.807, 2.05) is 18.2 Å². The van der Waals surface area contributed by atoms with Gasteiger partial charge in [-0.15, -0.1) is 10.2 Å². The normalized spacial score (nSPS) is 14.0. The summed E-state index contributed by atoms with van der Waals surface area (Å²) in [5.41, 5.74) is 1.19. The Morgan fingerprint density at radius 2 is 2.12 bits per heavy atom. The Kier molecular flexibility index (Phi) is 6.46. The van der Waals surface area contributed by atoms with Crippen LogP contribution in [0.25, 0.3) is 0 Å². The number of methoxy groups -OCH3 is 1. The minimum Gasteiger partial charge on any atom is -0.496 e. The molecular formula is C19H28N6O. The number of fused-ring (bicyclic) bond motifs is 1. The van der Waals surface area contributed by atoms with Gasteiger partial charge in [0.15, 0.2) is 11.8 Å². The molecule has 3 rings (SSSR count). The van der Waals surface area contributed by atoms with Crippen LogP contribution in [0.3, 0.4) is 0 Å². The molecule has 0 fully saturated rings. The number of guanidine groups is 1. The maximum Gasteiger partial charge on any atom is 0.191 e. The van der Waals surface area contributed by atoms with E-state index < -0.39 is 0 Å². The van der Waals surface area contributed by atoms with Crippen LogP contribution in [0.4, 0.5) is 0 Å². The van der Waals surface area contributed by atoms with E-state index in [1.165, 1.54) is 18.4 Å². The second kappa shape index (κ2) is 9.22. The zero-order chi connectivity index (χ0) is 18.2. The van der Waals surface area contributed by atoms with Gasteiger partial charge in [-0.2, -0.15) is 0 Å². The van der Waals surface area contributed by atoms with Crippen molar-refractivity contribution < 1.29 is 4.74 Å². The van der Waals surface area contributed by atoms with Crippen molar-refractivity contribution in [1.82, 2.24) is 25.4 Å². The van der Waals surface area contributed by atoms with E-state index >= 15 is 0 Å². The Bertz CT molecular complexity index is 739. The first-order chi connectivity index (χ1) is 12.8. The molecule has 0 saturated carbocycles. The lowest BCUT2D eigenvalue weighted by atomic mass is 10.1. The molecule has 140 valence electrons. The van der Waals surface area contributed by atoms with Gasteiger partial charge in [-0.3, -0.25) is 0 Å². The summed E-state index contributed by atoms with van der Waals surface area (Å²) in [6.07, 6.45) is 4.29. The average Bonchev–Trinajstić information content (AvgIpc) is 3.09. The number of nitrogens with zero attached hydrogens (tertiary/aromatic N) is 4. The molecule has 0 saturated heterocycles. The van der Waals surface area contributed by atoms with Crippen molar-refractivity contribution in [3.8, 4) is 5.75 Å². The van der Waals surface area contributed by atoms with Gasteiger partial charge in [0.05, 0.1) is 7.11 Å². The summed E-state index contributed by atoms with van der Waals surface area (Å²) in [7, 11) is 1.71. The standard InChI is InChI=1S/C19H28N6O/c1-3-20-19(21-12-11-15-8-4-5-9-16(15)26-2)22-14-18-24-23-17-10-6-7-13-25(17)18/h4-5,8-9H,3,6-7,10-14H2,1-2H3,(H2,20,21,22). The zero-order valence-corrected chi connectivity index (χ0v) is 15.7. The molecule has 7 heteroatoms. The van der Waals surface area contributed by atoms with Crippen molar-refractivity contribution in [2.75, 3.05) is 20.2 Å². The first kappa shape index (κ1) is 18.2. The summed E-state index contributed by atoms with van der Waals surface area (Å²) >= 11 is 0. The zero-order valence-electron chi connectivity index (χ0n) is 15.7. The number of ether oxygens (including phenoxy) is 1. The second-order valence-corrected chi connectivity index (χ2v) is 6.32. The molecule has 26 heavy (non-hydrogen) atoms. The van der Waals surface area contributed by atoms with Gasteiger partial charge in [0.1, 0.15) is 18.1 Å². The third-order valence-electron chi connectivity index (χ3n) is 4.54. The molecule has 0 atom stereocenters. The largest absolute Gasteiger partial charge is 0.496 e. The summed E-state index contributed by atoms with van der Waals surface area (Å²) in [5.74, 6) is 3.76. The highest BCUT2D eigenvalue weighted by molar-refractivity contribution is 5.79. The van der Waals surface area contributed by atoms with E-state index in [0.29, 0.717) is 6.54 Å². The fourth-order valence-corrected chi connectivity index (χ4v) is 3.20. The van der Waals surface area contributed by atoms with Crippen LogP contribution in [0, 0.1) is 0 Å². The molecule has 1 aromatic carbocycles. The quantitative estimate of drug-likeness (QED) is 0.585. The molecule has 0 aliphatic carbocycles. The van der Waals surface area contributed by atoms with Crippen molar-refractivity contribution in [1.29, 1.82) is 0 Å². The molecule has 0 amide bonds. The molecule has 1 aliphatic rings. The molecule has 0 unspecified atom stereocenters. The van der Waals surface area contributed by atoms with Crippen LogP contribution in [0.15, 0.2) is 29.3 Å². The smallest absolute Gasteiger partial charge is 0.191 e. The van der Waals surface area contributed by atoms with Gasteiger partial charge in [-0.1, -0.05) is 18.2 Å². The fraction of sp³-hybridized carbons (Fsp3) is 0.526. The van der Waals surface area contributed by atoms with Gasteiger partial charge in [0.2, 0.25) is 0 Å². The summed E-state index contributed by atoms with van der Waals surface area (Å²) in [6.45, 7) is 5.21. The first-order valence-corrected chi connectivity index (χ1v) is 9.37. The highest BCUT2D eigenvalue weighted by atomic mass is 16.5. The first-order valence-electron chi connectivity index (χ1n) is 9.37. The number of aryl methyl sites for hydroxylation is 1. The van der Waals surface area contributed by atoms with E-state index in [9.17, 15) is 0 Å². The topological polar surface area (TPSA) is 76.4 Å². The second-order valence-electron chi connectivity index (χ2n) is 6.32. The van der Waals surface area contributed by atoms with E-state index in [0.717, 1.165) is 55.8 Å². The Labute approximate surface area is 154 Å². The van der Waals surface area contributed by atoms with Gasteiger partial charge in [0, 0.05) is 26.1 Å². The minimum atomic E-state index is 0.539. The summed E-state index contributed by atoms with van der Waals surface area (Å²) in [5, 5.41) is 15.3. The fourth-order valence-electron chi connectivity index (χ4n) is 3.20. The molecule has 2 N–H and O–H groups in total. The van der Waals surface area contributed by atoms with Crippen LogP contribution < -0.4 is 15.4 Å². The van der Waals surface area contributed by atoms with Crippen LogP contribution in [0.2, 0.25) is 0 Å². The van der Waals surface area contributed by atoms with Gasteiger partial charge in [-0.25, -0.2) is 4.99 Å². The van der Waals surface area contributed by atoms with E-state index in [-0.39, 0.29) is 0 Å². The van der Waals surface area contributed by atoms with Crippen LogP contribution in [0.1, 0.15) is 37.0 Å². The number of rotatable bonds is 7. The van der Waals surface area contributed by atoms with Crippen LogP contribution in [-0.4, -0.2) is 40.9 Å². The van der Waals surface area contributed by atoms with Crippen molar-refractivity contribution in [2.45, 2.75) is 45.7 Å². The van der Waals surface area contributed by atoms with Gasteiger partial charge < -0.3 is 19.9 Å². The summed E-state index contributed by atoms with van der Waals surface area (Å²) in [4.78, 5) is 4.68. The van der Waals surface area contributed by atoms with Crippen LogP contribution >= 0.6 is 0 Å². The molecule has 1 aromatic heterocycles. The molecule has 2 aromatic rings. The van der Waals surface area contributed by atoms with Crippen molar-refractivity contribution in [3.05, 3.63) is 41.5 Å². The maximum atomic E-state index is 5.41. The van der Waals surface area contributed by atoms with Gasteiger partial charge in [0.25, 0.3) is 0 Å². The number of nitrogens with one attached hydrogen (secondary N) is 2. The molecule has 2 heterocycles. The van der Waals surface area contributed by atoms with E-state index in [2.05, 4.69) is 43.4 Å². The Morgan fingerprint density at radius 3 is 2.96 bits per heavy atom. The molecule has 0 bridgehead atoms. The SMILES string of the molecule is CCNC(=NCc1nnc2n1CCCC2)NCCc1ccccc1OC. The summed E-state index contributed by atoms with van der Waals surface area (Å²) in [6, 6.07) is 8.10. The molecule has 1 aliphatic heterocycles. The van der Waals surface area contributed by atoms with E-state index in [4.69, 9.17) is 4.74 Å². The Hall–Kier alpha value is -2.57. The number of aliphatic imine (C=N–C) groups is 1. The lowest BCUT2D eigenvalue weighted by molar-refractivity contribution is 0.409. The lowest BCUT2D eigenvalue weighted by Crippen LogP contribution is -2.38. The maximum absolute atomic E-state index is 5.41. The Morgan fingerprint density at radius 1 is 1.23 bits per heavy atom. The molecule has 0 spiro atoms. The number of aromatic nitrogens is 3. The average molecular weight is 356 g/mol. The monoisotopic (exact) mass is 356 g/mol. The highest BCUT2D eigenvalue weighted by Crippen LogP contribution is 2.17. The Balaban J connectivity index is 1.58.